The van der Waals surface area contributed by atoms with Gasteiger partial charge in [0.2, 0.25) is 5.13 Å². The van der Waals surface area contributed by atoms with Gasteiger partial charge < -0.3 is 5.11 Å². The van der Waals surface area contributed by atoms with Crippen LogP contribution < -0.4 is 4.90 Å². The van der Waals surface area contributed by atoms with E-state index in [0.717, 1.165) is 11.3 Å². The number of hydrogen-bond acceptors (Lipinski definition) is 8. The number of carbonyl (C=O) groups is 2. The molecule has 1 unspecified atom stereocenters. The lowest BCUT2D eigenvalue weighted by Crippen LogP contribution is -2.29. The Morgan fingerprint density at radius 2 is 1.79 bits per heavy atom. The fourth-order valence-corrected chi connectivity index (χ4v) is 6.29. The molecule has 1 atom stereocenters. The SMILES string of the molecule is O=C1C(=O)N(c2nnc(SCc3ccccc3F)s2)C(c2cccs2)/C1=C(/O)c1ccccc1. The third-order valence-corrected chi connectivity index (χ3v) is 8.24. The number of carbonyl (C=O) groups excluding carboxylic acids is 2. The normalized spacial score (nSPS) is 17.4. The van der Waals surface area contributed by atoms with E-state index in [-0.39, 0.29) is 22.3 Å². The van der Waals surface area contributed by atoms with Gasteiger partial charge >= 0.3 is 5.91 Å². The highest BCUT2D eigenvalue weighted by atomic mass is 32.2. The van der Waals surface area contributed by atoms with Gasteiger partial charge in [0.05, 0.1) is 5.57 Å². The van der Waals surface area contributed by atoms with E-state index in [0.29, 0.717) is 26.1 Å². The monoisotopic (exact) mass is 509 g/mol. The number of aliphatic hydroxyl groups is 1. The average molecular weight is 510 g/mol. The number of anilines is 1. The second-order valence-corrected chi connectivity index (χ2v) is 10.4. The number of nitrogens with zero attached hydrogens (tertiary/aromatic N) is 3. The van der Waals surface area contributed by atoms with Gasteiger partial charge in [0.15, 0.2) is 4.34 Å². The van der Waals surface area contributed by atoms with Crippen LogP contribution in [0, 0.1) is 5.82 Å². The Bertz CT molecular complexity index is 1390. The van der Waals surface area contributed by atoms with Crippen LogP contribution in [0.4, 0.5) is 9.52 Å². The van der Waals surface area contributed by atoms with Crippen LogP contribution >= 0.6 is 34.4 Å². The maximum Gasteiger partial charge on any atom is 0.301 e. The summed E-state index contributed by atoms with van der Waals surface area (Å²) in [6.45, 7) is 0. The van der Waals surface area contributed by atoms with Crippen molar-refractivity contribution in [2.75, 3.05) is 4.90 Å². The molecule has 4 aromatic rings. The summed E-state index contributed by atoms with van der Waals surface area (Å²) in [7, 11) is 0. The third-order valence-electron chi connectivity index (χ3n) is 5.22. The van der Waals surface area contributed by atoms with Crippen molar-refractivity contribution in [2.45, 2.75) is 16.1 Å². The van der Waals surface area contributed by atoms with Gasteiger partial charge in [-0.05, 0) is 23.1 Å². The lowest BCUT2D eigenvalue weighted by Gasteiger charge is -2.20. The Morgan fingerprint density at radius 1 is 1.03 bits per heavy atom. The number of aliphatic hydroxyl groups excluding tert-OH is 1. The molecule has 6 nitrogen and oxygen atoms in total. The number of benzene rings is 2. The standard InChI is InChI=1S/C24H16FN3O3S3/c25-16-10-5-4-9-15(16)13-33-24-27-26-23(34-24)28-19(17-11-6-12-32-17)18(21(30)22(28)31)20(29)14-7-2-1-3-8-14/h1-12,19,29H,13H2/b20-18-. The van der Waals surface area contributed by atoms with Crippen LogP contribution in [-0.2, 0) is 15.3 Å². The quantitative estimate of drug-likeness (QED) is 0.119. The number of halogens is 1. The fraction of sp³-hybridized carbons (Fsp3) is 0.0833. The van der Waals surface area contributed by atoms with Gasteiger partial charge in [-0.1, -0.05) is 77.7 Å². The second kappa shape index (κ2) is 9.49. The minimum absolute atomic E-state index is 0.00871. The number of thiophene rings is 1. The van der Waals surface area contributed by atoms with Gasteiger partial charge in [-0.2, -0.15) is 0 Å². The van der Waals surface area contributed by atoms with Gasteiger partial charge in [0, 0.05) is 16.2 Å². The summed E-state index contributed by atoms with van der Waals surface area (Å²) >= 11 is 3.81. The van der Waals surface area contributed by atoms with E-state index in [1.54, 1.807) is 54.6 Å². The molecule has 5 rings (SSSR count). The van der Waals surface area contributed by atoms with Crippen molar-refractivity contribution in [3.05, 3.63) is 99.5 Å². The number of ketones is 1. The van der Waals surface area contributed by atoms with E-state index in [2.05, 4.69) is 10.2 Å². The highest BCUT2D eigenvalue weighted by molar-refractivity contribution is 8.00. The zero-order valence-corrected chi connectivity index (χ0v) is 19.9. The summed E-state index contributed by atoms with van der Waals surface area (Å²) in [6.07, 6.45) is 0. The summed E-state index contributed by atoms with van der Waals surface area (Å²) in [5.74, 6) is -1.75. The summed E-state index contributed by atoms with van der Waals surface area (Å²) in [5.41, 5.74) is 0.987. The lowest BCUT2D eigenvalue weighted by atomic mass is 10.00. The highest BCUT2D eigenvalue weighted by Gasteiger charge is 2.48. The van der Waals surface area contributed by atoms with Crippen molar-refractivity contribution >= 4 is 57.0 Å². The highest BCUT2D eigenvalue weighted by Crippen LogP contribution is 2.45. The van der Waals surface area contributed by atoms with Crippen LogP contribution in [0.5, 0.6) is 0 Å². The molecule has 0 bridgehead atoms. The van der Waals surface area contributed by atoms with E-state index in [1.807, 2.05) is 11.4 Å². The molecule has 2 aromatic carbocycles. The van der Waals surface area contributed by atoms with Crippen LogP contribution in [0.3, 0.4) is 0 Å². The minimum atomic E-state index is -0.822. The second-order valence-electron chi connectivity index (χ2n) is 7.28. The summed E-state index contributed by atoms with van der Waals surface area (Å²) in [4.78, 5) is 28.2. The predicted octanol–water partition coefficient (Wildman–Crippen LogP) is 5.66. The predicted molar refractivity (Wildman–Crippen MR) is 131 cm³/mol. The molecular formula is C24H16FN3O3S3. The van der Waals surface area contributed by atoms with Gasteiger partial charge in [0.1, 0.15) is 17.6 Å². The van der Waals surface area contributed by atoms with Gasteiger partial charge in [-0.25, -0.2) is 4.39 Å². The molecule has 1 aliphatic rings. The van der Waals surface area contributed by atoms with Crippen molar-refractivity contribution in [3.63, 3.8) is 0 Å². The molecule has 0 radical (unpaired) electrons. The zero-order valence-electron chi connectivity index (χ0n) is 17.4. The molecule has 34 heavy (non-hydrogen) atoms. The molecule has 1 aliphatic heterocycles. The first kappa shape index (κ1) is 22.5. The van der Waals surface area contributed by atoms with E-state index in [4.69, 9.17) is 0 Å². The van der Waals surface area contributed by atoms with Gasteiger partial charge in [-0.3, -0.25) is 14.5 Å². The third kappa shape index (κ3) is 4.15. The smallest absolute Gasteiger partial charge is 0.301 e. The molecule has 2 aromatic heterocycles. The minimum Gasteiger partial charge on any atom is -0.507 e. The first-order chi connectivity index (χ1) is 16.5. The Balaban J connectivity index is 1.50. The summed E-state index contributed by atoms with van der Waals surface area (Å²) in [5, 5.41) is 21.4. The van der Waals surface area contributed by atoms with Crippen LogP contribution in [0.1, 0.15) is 22.0 Å². The first-order valence-corrected chi connectivity index (χ1v) is 12.8. The van der Waals surface area contributed by atoms with Crippen molar-refractivity contribution in [1.82, 2.24) is 10.2 Å². The van der Waals surface area contributed by atoms with E-state index in [1.165, 1.54) is 34.1 Å². The molecule has 0 aliphatic carbocycles. The molecule has 0 saturated carbocycles. The van der Waals surface area contributed by atoms with Crippen molar-refractivity contribution in [1.29, 1.82) is 0 Å². The van der Waals surface area contributed by atoms with Crippen LogP contribution in [0.2, 0.25) is 0 Å². The Kier molecular flexibility index (Phi) is 6.27. The zero-order chi connectivity index (χ0) is 23.7. The molecule has 0 spiro atoms. The first-order valence-electron chi connectivity index (χ1n) is 10.1. The molecule has 3 heterocycles. The number of aromatic nitrogens is 2. The van der Waals surface area contributed by atoms with E-state index >= 15 is 0 Å². The topological polar surface area (TPSA) is 83.4 Å². The average Bonchev–Trinajstić information content (AvgIpc) is 3.60. The maximum atomic E-state index is 13.9. The molecule has 1 saturated heterocycles. The number of amides is 1. The van der Waals surface area contributed by atoms with Crippen molar-refractivity contribution in [2.24, 2.45) is 0 Å². The Labute approximate surface area is 206 Å². The van der Waals surface area contributed by atoms with Crippen molar-refractivity contribution in [3.8, 4) is 0 Å². The summed E-state index contributed by atoms with van der Waals surface area (Å²) < 4.78 is 14.5. The van der Waals surface area contributed by atoms with E-state index in [9.17, 15) is 19.1 Å². The Hall–Kier alpha value is -3.34. The maximum absolute atomic E-state index is 13.9. The molecule has 1 amide bonds. The fourth-order valence-electron chi connectivity index (χ4n) is 3.61. The number of Topliss-reactive ketones (excluding diaryl/α,β-unsaturated/α-hetero) is 1. The van der Waals surface area contributed by atoms with Crippen molar-refractivity contribution < 1.29 is 19.1 Å². The molecular weight excluding hydrogens is 493 g/mol. The number of hydrogen-bond donors (Lipinski definition) is 1. The lowest BCUT2D eigenvalue weighted by molar-refractivity contribution is -0.132. The van der Waals surface area contributed by atoms with Crippen LogP contribution in [0.25, 0.3) is 5.76 Å². The molecule has 10 heteroatoms. The Morgan fingerprint density at radius 3 is 2.53 bits per heavy atom. The van der Waals surface area contributed by atoms with E-state index < -0.39 is 17.7 Å². The largest absolute Gasteiger partial charge is 0.507 e. The molecule has 1 N–H and O–H groups in total. The molecule has 1 fully saturated rings. The number of rotatable bonds is 6. The number of thioether (sulfide) groups is 1. The van der Waals surface area contributed by atoms with Gasteiger partial charge in [-0.15, -0.1) is 21.5 Å². The van der Waals surface area contributed by atoms with Gasteiger partial charge in [0.25, 0.3) is 5.78 Å². The van der Waals surface area contributed by atoms with Crippen LogP contribution in [0.15, 0.2) is 82.0 Å². The molecule has 170 valence electrons. The van der Waals surface area contributed by atoms with Crippen LogP contribution in [-0.4, -0.2) is 27.0 Å². The summed E-state index contributed by atoms with van der Waals surface area (Å²) in [6, 6.07) is 17.9.